The van der Waals surface area contributed by atoms with E-state index in [-0.39, 0.29) is 18.6 Å². The lowest BCUT2D eigenvalue weighted by Crippen LogP contribution is -2.58. The molecule has 1 atom stereocenters. The molecular formula is C34H43N3O3S. The van der Waals surface area contributed by atoms with Crippen LogP contribution in [0.15, 0.2) is 41.4 Å². The Morgan fingerprint density at radius 3 is 2.39 bits per heavy atom. The van der Waals surface area contributed by atoms with E-state index in [9.17, 15) is 9.59 Å². The van der Waals surface area contributed by atoms with E-state index in [0.717, 1.165) is 35.8 Å². The van der Waals surface area contributed by atoms with Crippen molar-refractivity contribution in [1.82, 2.24) is 10.2 Å². The van der Waals surface area contributed by atoms with Crippen LogP contribution in [0.2, 0.25) is 0 Å². The van der Waals surface area contributed by atoms with Gasteiger partial charge in [-0.05, 0) is 56.2 Å². The number of esters is 1. The maximum absolute atomic E-state index is 13.0. The number of hydrogen-bond donors (Lipinski definition) is 1. The number of amides is 1. The SMILES string of the molecule is CC#Cc1ccc2sc3ccc([C@]4(C)CC(=O)N(C)/C(=N\COC(=O)CCCCCCCCCCC)N4)cc3c2c1. The third-order valence-electron chi connectivity index (χ3n) is 7.88. The minimum Gasteiger partial charge on any atom is -0.442 e. The van der Waals surface area contributed by atoms with Crippen LogP contribution in [0.25, 0.3) is 20.2 Å². The van der Waals surface area contributed by atoms with Gasteiger partial charge in [0.25, 0.3) is 0 Å². The lowest BCUT2D eigenvalue weighted by molar-refractivity contribution is -0.143. The number of unbranched alkanes of at least 4 members (excludes halogenated alkanes) is 8. The Hall–Kier alpha value is -3.37. The summed E-state index contributed by atoms with van der Waals surface area (Å²) in [5.74, 6) is 6.26. The van der Waals surface area contributed by atoms with Crippen LogP contribution < -0.4 is 5.32 Å². The molecule has 6 nitrogen and oxygen atoms in total. The normalized spacial score (nSPS) is 18.0. The zero-order chi connectivity index (χ0) is 29.2. The molecule has 1 fully saturated rings. The molecule has 1 N–H and O–H groups in total. The van der Waals surface area contributed by atoms with Crippen molar-refractivity contribution in [3.63, 3.8) is 0 Å². The number of carbonyl (C=O) groups excluding carboxylic acids is 2. The first-order valence-corrected chi connectivity index (χ1v) is 15.8. The monoisotopic (exact) mass is 573 g/mol. The first kappa shape index (κ1) is 30.6. The van der Waals surface area contributed by atoms with Crippen LogP contribution in [0, 0.1) is 11.8 Å². The maximum Gasteiger partial charge on any atom is 0.307 e. The fourth-order valence-corrected chi connectivity index (χ4v) is 6.46. The van der Waals surface area contributed by atoms with Crippen LogP contribution in [0.4, 0.5) is 0 Å². The summed E-state index contributed by atoms with van der Waals surface area (Å²) in [7, 11) is 1.70. The molecule has 3 aromatic rings. The summed E-state index contributed by atoms with van der Waals surface area (Å²) in [6.07, 6.45) is 11.5. The largest absolute Gasteiger partial charge is 0.442 e. The van der Waals surface area contributed by atoms with E-state index in [1.165, 1.54) is 58.2 Å². The molecule has 0 unspecified atom stereocenters. The number of nitrogens with zero attached hydrogens (tertiary/aromatic N) is 2. The van der Waals surface area contributed by atoms with Crippen LogP contribution in [0.1, 0.15) is 103 Å². The van der Waals surface area contributed by atoms with Crippen molar-refractivity contribution in [2.45, 2.75) is 96.9 Å². The number of aliphatic imine (C=N–C) groups is 1. The molecule has 7 heteroatoms. The van der Waals surface area contributed by atoms with Crippen LogP contribution >= 0.6 is 11.3 Å². The molecule has 0 aliphatic carbocycles. The van der Waals surface area contributed by atoms with E-state index < -0.39 is 5.54 Å². The Morgan fingerprint density at radius 1 is 1.02 bits per heavy atom. The van der Waals surface area contributed by atoms with Gasteiger partial charge in [-0.25, -0.2) is 4.99 Å². The lowest BCUT2D eigenvalue weighted by atomic mass is 9.86. The Balaban J connectivity index is 1.36. The quantitative estimate of drug-likeness (QED) is 0.128. The molecule has 0 radical (unpaired) electrons. The first-order valence-electron chi connectivity index (χ1n) is 15.0. The van der Waals surface area contributed by atoms with Crippen LogP contribution in [-0.4, -0.2) is 36.5 Å². The lowest BCUT2D eigenvalue weighted by Gasteiger charge is -2.40. The summed E-state index contributed by atoms with van der Waals surface area (Å²) in [6, 6.07) is 12.7. The van der Waals surface area contributed by atoms with Gasteiger partial charge < -0.3 is 10.1 Å². The molecule has 1 aromatic heterocycles. The minimum atomic E-state index is -0.647. The predicted molar refractivity (Wildman–Crippen MR) is 170 cm³/mol. The van der Waals surface area contributed by atoms with Gasteiger partial charge in [-0.2, -0.15) is 0 Å². The number of rotatable bonds is 13. The molecule has 2 aromatic carbocycles. The Bertz CT molecular complexity index is 1460. The molecule has 1 amide bonds. The number of hydrogen-bond acceptors (Lipinski definition) is 5. The summed E-state index contributed by atoms with van der Waals surface area (Å²) in [5, 5.41) is 5.79. The molecule has 0 bridgehead atoms. The summed E-state index contributed by atoms with van der Waals surface area (Å²) < 4.78 is 7.79. The Morgan fingerprint density at radius 2 is 1.68 bits per heavy atom. The van der Waals surface area contributed by atoms with Crippen molar-refractivity contribution in [2.24, 2.45) is 4.99 Å². The van der Waals surface area contributed by atoms with E-state index in [0.29, 0.717) is 18.8 Å². The molecule has 1 saturated heterocycles. The van der Waals surface area contributed by atoms with Crippen molar-refractivity contribution >= 4 is 49.3 Å². The second-order valence-corrected chi connectivity index (χ2v) is 12.3. The van der Waals surface area contributed by atoms with Crippen molar-refractivity contribution < 1.29 is 14.3 Å². The number of nitrogens with one attached hydrogen (secondary N) is 1. The summed E-state index contributed by atoms with van der Waals surface area (Å²) in [4.78, 5) is 31.2. The standard InChI is InChI=1S/C34H43N3O3S/c1-5-7-8-9-10-11-12-13-14-16-32(39)40-24-35-33-36-34(3,23-31(38)37(33)4)26-18-20-30-28(22-26)27-21-25(15-6-2)17-19-29(27)41-30/h17-22H,5,7-14,16,23-24H2,1-4H3,(H,35,36)/t34-/m0/s1. The molecule has 0 spiro atoms. The molecule has 1 aliphatic rings. The number of carbonyl (C=O) groups is 2. The third-order valence-corrected chi connectivity index (χ3v) is 9.04. The highest BCUT2D eigenvalue weighted by Crippen LogP contribution is 2.38. The zero-order valence-corrected chi connectivity index (χ0v) is 25.8. The average Bonchev–Trinajstić information content (AvgIpc) is 3.32. The van der Waals surface area contributed by atoms with Crippen molar-refractivity contribution in [3.8, 4) is 11.8 Å². The Kier molecular flexibility index (Phi) is 10.8. The van der Waals surface area contributed by atoms with Gasteiger partial charge in [-0.1, -0.05) is 70.3 Å². The van der Waals surface area contributed by atoms with Crippen LogP contribution in [0.5, 0.6) is 0 Å². The van der Waals surface area contributed by atoms with Gasteiger partial charge in [0.15, 0.2) is 6.73 Å². The highest BCUT2D eigenvalue weighted by molar-refractivity contribution is 7.25. The van der Waals surface area contributed by atoms with E-state index in [1.54, 1.807) is 18.4 Å². The molecule has 2 heterocycles. The topological polar surface area (TPSA) is 71.0 Å². The van der Waals surface area contributed by atoms with E-state index in [2.05, 4.69) is 65.5 Å². The van der Waals surface area contributed by atoms with Gasteiger partial charge in [0.1, 0.15) is 0 Å². The van der Waals surface area contributed by atoms with Gasteiger partial charge >= 0.3 is 5.97 Å². The molecule has 1 aliphatic heterocycles. The molecule has 0 saturated carbocycles. The smallest absolute Gasteiger partial charge is 0.307 e. The van der Waals surface area contributed by atoms with E-state index >= 15 is 0 Å². The maximum atomic E-state index is 13.0. The fraction of sp³-hybridized carbons (Fsp3) is 0.500. The highest BCUT2D eigenvalue weighted by atomic mass is 32.1. The second-order valence-electron chi connectivity index (χ2n) is 11.2. The van der Waals surface area contributed by atoms with Gasteiger partial charge in [-0.15, -0.1) is 17.3 Å². The second kappa shape index (κ2) is 14.5. The van der Waals surface area contributed by atoms with E-state index in [4.69, 9.17) is 4.74 Å². The minimum absolute atomic E-state index is 0.0400. The van der Waals surface area contributed by atoms with Gasteiger partial charge in [0, 0.05) is 39.2 Å². The number of ether oxygens (including phenoxy) is 1. The Labute approximate surface area is 248 Å². The third kappa shape index (κ3) is 7.89. The summed E-state index contributed by atoms with van der Waals surface area (Å²) >= 11 is 1.75. The zero-order valence-electron chi connectivity index (χ0n) is 25.0. The van der Waals surface area contributed by atoms with Crippen molar-refractivity contribution in [3.05, 3.63) is 47.5 Å². The number of thiophene rings is 1. The first-order chi connectivity index (χ1) is 19.8. The van der Waals surface area contributed by atoms with Crippen molar-refractivity contribution in [1.29, 1.82) is 0 Å². The van der Waals surface area contributed by atoms with E-state index in [1.807, 2.05) is 13.8 Å². The van der Waals surface area contributed by atoms with Gasteiger partial charge in [0.2, 0.25) is 11.9 Å². The number of benzene rings is 2. The molecule has 218 valence electrons. The van der Waals surface area contributed by atoms with Crippen molar-refractivity contribution in [2.75, 3.05) is 13.8 Å². The summed E-state index contributed by atoms with van der Waals surface area (Å²) in [6.45, 7) is 5.99. The summed E-state index contributed by atoms with van der Waals surface area (Å²) in [5.41, 5.74) is 1.35. The molecular weight excluding hydrogens is 530 g/mol. The average molecular weight is 574 g/mol. The van der Waals surface area contributed by atoms with Gasteiger partial charge in [-0.3, -0.25) is 14.5 Å². The number of fused-ring (bicyclic) bond motifs is 3. The van der Waals surface area contributed by atoms with Crippen LogP contribution in [-0.2, 0) is 19.9 Å². The van der Waals surface area contributed by atoms with Gasteiger partial charge in [0.05, 0.1) is 12.0 Å². The predicted octanol–water partition coefficient (Wildman–Crippen LogP) is 7.87. The number of guanidine groups is 1. The molecule has 4 rings (SSSR count). The van der Waals surface area contributed by atoms with Crippen LogP contribution in [0.3, 0.4) is 0 Å². The molecule has 41 heavy (non-hydrogen) atoms. The highest BCUT2D eigenvalue weighted by Gasteiger charge is 2.38. The fourth-order valence-electron chi connectivity index (χ4n) is 5.39.